The molecule has 0 fully saturated rings. The minimum Gasteiger partial charge on any atom is -0.455 e. The highest BCUT2D eigenvalue weighted by atomic mass is 32.2. The quantitative estimate of drug-likeness (QED) is 0.539. The third-order valence-electron chi connectivity index (χ3n) is 4.36. The van der Waals surface area contributed by atoms with E-state index in [1.54, 1.807) is 24.3 Å². The molecule has 0 bridgehead atoms. The summed E-state index contributed by atoms with van der Waals surface area (Å²) in [5.74, 6) is 0.586. The van der Waals surface area contributed by atoms with E-state index in [0.29, 0.717) is 17.2 Å². The Morgan fingerprint density at radius 1 is 0.903 bits per heavy atom. The molecule has 3 aromatic rings. The van der Waals surface area contributed by atoms with Crippen LogP contribution in [-0.2, 0) is 14.8 Å². The summed E-state index contributed by atoms with van der Waals surface area (Å²) < 4.78 is 32.4. The normalized spacial score (nSPS) is 11.4. The van der Waals surface area contributed by atoms with Gasteiger partial charge in [-0.2, -0.15) is 0 Å². The van der Waals surface area contributed by atoms with E-state index in [2.05, 4.69) is 10.0 Å². The first-order valence-corrected chi connectivity index (χ1v) is 11.2. The average Bonchev–Trinajstić information content (AvgIpc) is 2.75. The first kappa shape index (κ1) is 22.3. The van der Waals surface area contributed by atoms with E-state index in [0.717, 1.165) is 22.1 Å². The molecule has 0 aliphatic carbocycles. The van der Waals surface area contributed by atoms with E-state index in [1.165, 1.54) is 6.08 Å². The molecule has 0 heterocycles. The molecule has 1 amide bonds. The van der Waals surface area contributed by atoms with Crippen molar-refractivity contribution in [2.24, 2.45) is 0 Å². The summed E-state index contributed by atoms with van der Waals surface area (Å²) in [4.78, 5) is 12.3. The molecule has 0 atom stereocenters. The molecule has 0 aliphatic heterocycles. The molecule has 160 valence electrons. The Morgan fingerprint density at radius 3 is 2.19 bits per heavy atom. The minimum atomic E-state index is -3.76. The minimum absolute atomic E-state index is 0.403. The number of benzene rings is 3. The van der Waals surface area contributed by atoms with Crippen LogP contribution in [0.25, 0.3) is 6.08 Å². The van der Waals surface area contributed by atoms with Crippen molar-refractivity contribution in [1.82, 2.24) is 4.72 Å². The molecule has 3 rings (SSSR count). The summed E-state index contributed by atoms with van der Waals surface area (Å²) in [6.45, 7) is 3.53. The first-order chi connectivity index (χ1) is 14.8. The Kier molecular flexibility index (Phi) is 7.23. The summed E-state index contributed by atoms with van der Waals surface area (Å²) in [6.07, 6.45) is 1.48. The molecule has 3 aromatic carbocycles. The van der Waals surface area contributed by atoms with Gasteiger partial charge in [-0.05, 0) is 49.8 Å². The van der Waals surface area contributed by atoms with E-state index in [1.807, 2.05) is 62.4 Å². The second-order valence-electron chi connectivity index (χ2n) is 7.04. The van der Waals surface area contributed by atoms with Crippen LogP contribution in [0.5, 0.6) is 11.5 Å². The lowest BCUT2D eigenvalue weighted by atomic mass is 10.2. The molecular weight excluding hydrogens is 412 g/mol. The van der Waals surface area contributed by atoms with Crippen LogP contribution in [-0.4, -0.2) is 20.9 Å². The van der Waals surface area contributed by atoms with E-state index in [9.17, 15) is 13.2 Å². The first-order valence-electron chi connectivity index (χ1n) is 9.68. The number of aryl methyl sites for hydroxylation is 2. The maximum absolute atomic E-state index is 12.3. The van der Waals surface area contributed by atoms with Gasteiger partial charge in [0.25, 0.3) is 0 Å². The van der Waals surface area contributed by atoms with Gasteiger partial charge in [0.05, 0.1) is 12.2 Å². The number of para-hydroxylation sites is 2. The molecule has 0 aliphatic rings. The van der Waals surface area contributed by atoms with Gasteiger partial charge in [0.2, 0.25) is 15.9 Å². The van der Waals surface area contributed by atoms with Gasteiger partial charge in [0.1, 0.15) is 5.75 Å². The smallest absolute Gasteiger partial charge is 0.239 e. The zero-order chi connectivity index (χ0) is 22.3. The third-order valence-corrected chi connectivity index (χ3v) is 5.40. The predicted octanol–water partition coefficient (Wildman–Crippen LogP) is 4.62. The van der Waals surface area contributed by atoms with Crippen molar-refractivity contribution in [1.29, 1.82) is 0 Å². The lowest BCUT2D eigenvalue weighted by Crippen LogP contribution is -2.31. The zero-order valence-corrected chi connectivity index (χ0v) is 18.1. The van der Waals surface area contributed by atoms with Gasteiger partial charge in [0, 0.05) is 5.41 Å². The van der Waals surface area contributed by atoms with Gasteiger partial charge in [-0.1, -0.05) is 59.7 Å². The molecule has 0 spiro atoms. The van der Waals surface area contributed by atoms with Crippen LogP contribution in [0, 0.1) is 13.8 Å². The number of hydrogen-bond donors (Lipinski definition) is 2. The van der Waals surface area contributed by atoms with Crippen molar-refractivity contribution in [2.45, 2.75) is 13.8 Å². The molecule has 0 aromatic heterocycles. The van der Waals surface area contributed by atoms with Crippen LogP contribution in [0.1, 0.15) is 16.7 Å². The Hall–Kier alpha value is -3.42. The second-order valence-corrected chi connectivity index (χ2v) is 8.69. The number of sulfonamides is 1. The fraction of sp³-hybridized carbons (Fsp3) is 0.125. The lowest BCUT2D eigenvalue weighted by Gasteiger charge is -2.12. The average molecular weight is 437 g/mol. The summed E-state index contributed by atoms with van der Waals surface area (Å²) >= 11 is 0. The van der Waals surface area contributed by atoms with E-state index in [-0.39, 0.29) is 0 Å². The number of anilines is 1. The van der Waals surface area contributed by atoms with Crippen molar-refractivity contribution in [3.8, 4) is 11.5 Å². The van der Waals surface area contributed by atoms with Gasteiger partial charge < -0.3 is 10.1 Å². The molecule has 0 saturated heterocycles. The van der Waals surface area contributed by atoms with Crippen molar-refractivity contribution in [3.05, 3.63) is 94.9 Å². The van der Waals surface area contributed by atoms with Crippen molar-refractivity contribution >= 4 is 27.7 Å². The highest BCUT2D eigenvalue weighted by Gasteiger charge is 2.12. The summed E-state index contributed by atoms with van der Waals surface area (Å²) in [6, 6.07) is 21.9. The Morgan fingerprint density at radius 2 is 1.52 bits per heavy atom. The molecule has 0 radical (unpaired) electrons. The van der Waals surface area contributed by atoms with E-state index < -0.39 is 22.5 Å². The maximum atomic E-state index is 12.3. The standard InChI is InChI=1S/C24H24N2O4S/c1-18-7-11-20(12-8-18)15-16-31(28,29)25-17-24(27)26-22-5-3-4-6-23(22)30-21-13-9-19(2)10-14-21/h3-16,25H,17H2,1-2H3,(H,26,27)/b16-15-. The molecular formula is C24H24N2O4S. The number of carbonyl (C=O) groups excluding carboxylic acids is 1. The molecule has 0 saturated carbocycles. The predicted molar refractivity (Wildman–Crippen MR) is 123 cm³/mol. The van der Waals surface area contributed by atoms with Gasteiger partial charge in [-0.3, -0.25) is 4.79 Å². The number of hydrogen-bond acceptors (Lipinski definition) is 4. The van der Waals surface area contributed by atoms with Crippen LogP contribution in [0.4, 0.5) is 5.69 Å². The van der Waals surface area contributed by atoms with Crippen molar-refractivity contribution < 1.29 is 17.9 Å². The number of rotatable bonds is 8. The highest BCUT2D eigenvalue weighted by molar-refractivity contribution is 7.92. The summed E-state index contributed by atoms with van der Waals surface area (Å²) in [7, 11) is -3.76. The topological polar surface area (TPSA) is 84.5 Å². The van der Waals surface area contributed by atoms with Crippen LogP contribution < -0.4 is 14.8 Å². The van der Waals surface area contributed by atoms with Gasteiger partial charge in [0.15, 0.2) is 5.75 Å². The highest BCUT2D eigenvalue weighted by Crippen LogP contribution is 2.29. The summed E-state index contributed by atoms with van der Waals surface area (Å²) in [5, 5.41) is 3.72. The maximum Gasteiger partial charge on any atom is 0.239 e. The Balaban J connectivity index is 1.59. The Labute approximate surface area is 182 Å². The molecule has 6 nitrogen and oxygen atoms in total. The second kappa shape index (κ2) is 10.1. The largest absolute Gasteiger partial charge is 0.455 e. The molecule has 0 unspecified atom stereocenters. The number of amides is 1. The number of ether oxygens (including phenoxy) is 1. The zero-order valence-electron chi connectivity index (χ0n) is 17.3. The monoisotopic (exact) mass is 436 g/mol. The number of carbonyl (C=O) groups is 1. The number of nitrogens with one attached hydrogen (secondary N) is 2. The Bertz CT molecular complexity index is 1170. The van der Waals surface area contributed by atoms with E-state index >= 15 is 0 Å². The third kappa shape index (κ3) is 7.09. The van der Waals surface area contributed by atoms with Gasteiger partial charge >= 0.3 is 0 Å². The fourth-order valence-corrected chi connectivity index (χ4v) is 3.41. The van der Waals surface area contributed by atoms with Crippen LogP contribution >= 0.6 is 0 Å². The van der Waals surface area contributed by atoms with Gasteiger partial charge in [-0.15, -0.1) is 0 Å². The van der Waals surface area contributed by atoms with Crippen LogP contribution in [0.3, 0.4) is 0 Å². The van der Waals surface area contributed by atoms with Crippen LogP contribution in [0.15, 0.2) is 78.2 Å². The fourth-order valence-electron chi connectivity index (χ4n) is 2.65. The van der Waals surface area contributed by atoms with Gasteiger partial charge in [-0.25, -0.2) is 13.1 Å². The lowest BCUT2D eigenvalue weighted by molar-refractivity contribution is -0.115. The van der Waals surface area contributed by atoms with Crippen molar-refractivity contribution in [2.75, 3.05) is 11.9 Å². The SMILES string of the molecule is Cc1ccc(/C=C\S(=O)(=O)NCC(=O)Nc2ccccc2Oc2ccc(C)cc2)cc1. The molecule has 31 heavy (non-hydrogen) atoms. The van der Waals surface area contributed by atoms with E-state index in [4.69, 9.17) is 4.74 Å². The summed E-state index contributed by atoms with van der Waals surface area (Å²) in [5.41, 5.74) is 3.39. The molecule has 2 N–H and O–H groups in total. The van der Waals surface area contributed by atoms with Crippen molar-refractivity contribution in [3.63, 3.8) is 0 Å². The molecule has 7 heteroatoms. The van der Waals surface area contributed by atoms with Crippen LogP contribution in [0.2, 0.25) is 0 Å².